The van der Waals surface area contributed by atoms with E-state index in [1.54, 1.807) is 12.1 Å². The fraction of sp³-hybridized carbons (Fsp3) is 0.0952. The molecule has 124 valence electrons. The van der Waals surface area contributed by atoms with Gasteiger partial charge in [0, 0.05) is 22.9 Å². The highest BCUT2D eigenvalue weighted by atomic mass is 19.1. The van der Waals surface area contributed by atoms with Crippen LogP contribution < -0.4 is 5.32 Å². The minimum Gasteiger partial charge on any atom is -0.450 e. The van der Waals surface area contributed by atoms with Gasteiger partial charge in [0.05, 0.1) is 0 Å². The molecule has 1 amide bonds. The molecule has 0 aliphatic heterocycles. The van der Waals surface area contributed by atoms with Crippen LogP contribution in [0.2, 0.25) is 0 Å². The molecule has 0 aliphatic carbocycles. The molecule has 1 N–H and O–H groups in total. The number of rotatable bonds is 3. The zero-order chi connectivity index (χ0) is 17.4. The number of nitrogens with one attached hydrogen (secondary N) is 1. The maximum absolute atomic E-state index is 12.9. The Morgan fingerprint density at radius 3 is 2.56 bits per heavy atom. The predicted molar refractivity (Wildman–Crippen MR) is 96.0 cm³/mol. The molecule has 25 heavy (non-hydrogen) atoms. The number of hydrogen-bond acceptors (Lipinski definition) is 2. The third-order valence-electron chi connectivity index (χ3n) is 4.40. The molecule has 3 aromatic carbocycles. The molecule has 1 heterocycles. The molecule has 4 heteroatoms. The summed E-state index contributed by atoms with van der Waals surface area (Å²) >= 11 is 0. The Morgan fingerprint density at radius 2 is 1.76 bits per heavy atom. The van der Waals surface area contributed by atoms with Crippen molar-refractivity contribution in [3.05, 3.63) is 83.4 Å². The van der Waals surface area contributed by atoms with Crippen LogP contribution in [0.1, 0.15) is 21.7 Å². The summed E-state index contributed by atoms with van der Waals surface area (Å²) in [5.74, 6) is -0.259. The second kappa shape index (κ2) is 6.06. The number of carbonyl (C=O) groups is 1. The number of aryl methyl sites for hydroxylation is 1. The topological polar surface area (TPSA) is 42.2 Å². The van der Waals surface area contributed by atoms with Gasteiger partial charge in [0.2, 0.25) is 0 Å². The lowest BCUT2D eigenvalue weighted by Gasteiger charge is -2.04. The van der Waals surface area contributed by atoms with Crippen LogP contribution in [0, 0.1) is 12.7 Å². The third kappa shape index (κ3) is 2.76. The van der Waals surface area contributed by atoms with Crippen molar-refractivity contribution in [1.82, 2.24) is 5.32 Å². The van der Waals surface area contributed by atoms with E-state index in [1.807, 2.05) is 43.3 Å². The van der Waals surface area contributed by atoms with Gasteiger partial charge < -0.3 is 9.73 Å². The molecule has 3 nitrogen and oxygen atoms in total. The van der Waals surface area contributed by atoms with Gasteiger partial charge in [-0.1, -0.05) is 48.5 Å². The summed E-state index contributed by atoms with van der Waals surface area (Å²) in [4.78, 5) is 12.5. The lowest BCUT2D eigenvalue weighted by Crippen LogP contribution is -2.22. The number of furan rings is 1. The molecule has 4 aromatic rings. The summed E-state index contributed by atoms with van der Waals surface area (Å²) < 4.78 is 18.9. The van der Waals surface area contributed by atoms with Crippen LogP contribution in [0.3, 0.4) is 0 Å². The Balaban J connectivity index is 1.66. The molecule has 4 rings (SSSR count). The van der Waals surface area contributed by atoms with E-state index in [0.717, 1.165) is 32.9 Å². The number of benzene rings is 3. The minimum atomic E-state index is -0.296. The van der Waals surface area contributed by atoms with Gasteiger partial charge in [0.25, 0.3) is 5.91 Å². The molecule has 0 unspecified atom stereocenters. The first-order valence-corrected chi connectivity index (χ1v) is 8.07. The van der Waals surface area contributed by atoms with Gasteiger partial charge in [-0.2, -0.15) is 0 Å². The minimum absolute atomic E-state index is 0.276. The van der Waals surface area contributed by atoms with Gasteiger partial charge in [-0.15, -0.1) is 0 Å². The van der Waals surface area contributed by atoms with Crippen molar-refractivity contribution in [1.29, 1.82) is 0 Å². The van der Waals surface area contributed by atoms with E-state index in [-0.39, 0.29) is 11.7 Å². The summed E-state index contributed by atoms with van der Waals surface area (Å²) in [5, 5.41) is 5.82. The van der Waals surface area contributed by atoms with Crippen molar-refractivity contribution < 1.29 is 13.6 Å². The molecule has 0 saturated heterocycles. The summed E-state index contributed by atoms with van der Waals surface area (Å²) in [6.45, 7) is 2.20. The average Bonchev–Trinajstić information content (AvgIpc) is 2.98. The van der Waals surface area contributed by atoms with Crippen molar-refractivity contribution in [3.63, 3.8) is 0 Å². The number of halogens is 1. The molecule has 0 spiro atoms. The summed E-state index contributed by atoms with van der Waals surface area (Å²) in [6.07, 6.45) is 0. The monoisotopic (exact) mass is 333 g/mol. The normalized spacial score (nSPS) is 11.1. The molecular weight excluding hydrogens is 317 g/mol. The van der Waals surface area contributed by atoms with Crippen molar-refractivity contribution >= 4 is 27.6 Å². The Morgan fingerprint density at radius 1 is 1.00 bits per heavy atom. The second-order valence-corrected chi connectivity index (χ2v) is 6.03. The van der Waals surface area contributed by atoms with E-state index in [0.29, 0.717) is 12.3 Å². The van der Waals surface area contributed by atoms with E-state index >= 15 is 0 Å². The lowest BCUT2D eigenvalue weighted by molar-refractivity contribution is 0.0924. The van der Waals surface area contributed by atoms with Gasteiger partial charge in [-0.3, -0.25) is 4.79 Å². The Kier molecular flexibility index (Phi) is 3.73. The van der Waals surface area contributed by atoms with Crippen LogP contribution in [-0.4, -0.2) is 5.91 Å². The quantitative estimate of drug-likeness (QED) is 0.575. The maximum atomic E-state index is 12.9. The number of amides is 1. The van der Waals surface area contributed by atoms with E-state index in [4.69, 9.17) is 4.42 Å². The van der Waals surface area contributed by atoms with Crippen molar-refractivity contribution in [2.45, 2.75) is 13.5 Å². The summed E-state index contributed by atoms with van der Waals surface area (Å²) in [7, 11) is 0. The highest BCUT2D eigenvalue weighted by Gasteiger charge is 2.18. The molecule has 0 aliphatic rings. The van der Waals surface area contributed by atoms with Gasteiger partial charge >= 0.3 is 0 Å². The predicted octanol–water partition coefficient (Wildman–Crippen LogP) is 4.96. The van der Waals surface area contributed by atoms with Crippen molar-refractivity contribution in [2.24, 2.45) is 0 Å². The molecule has 0 fully saturated rings. The van der Waals surface area contributed by atoms with Crippen LogP contribution in [0.5, 0.6) is 0 Å². The number of fused-ring (bicyclic) bond motifs is 3. The molecule has 0 atom stereocenters. The number of hydrogen-bond donors (Lipinski definition) is 1. The van der Waals surface area contributed by atoms with Crippen LogP contribution in [0.15, 0.2) is 65.1 Å². The average molecular weight is 333 g/mol. The fourth-order valence-electron chi connectivity index (χ4n) is 3.03. The Hall–Kier alpha value is -3.14. The van der Waals surface area contributed by atoms with Gasteiger partial charge in [-0.25, -0.2) is 4.39 Å². The van der Waals surface area contributed by atoms with E-state index in [9.17, 15) is 9.18 Å². The maximum Gasteiger partial charge on any atom is 0.287 e. The molecule has 0 bridgehead atoms. The molecule has 1 aromatic heterocycles. The smallest absolute Gasteiger partial charge is 0.287 e. The highest BCUT2D eigenvalue weighted by molar-refractivity contribution is 6.08. The SMILES string of the molecule is Cc1c(C(=O)NCc2ccc(F)cc2)oc2c1ccc1ccccc12. The first-order chi connectivity index (χ1) is 12.1. The van der Waals surface area contributed by atoms with Gasteiger partial charge in [-0.05, 0) is 30.0 Å². The van der Waals surface area contributed by atoms with Crippen molar-refractivity contribution in [3.8, 4) is 0 Å². The summed E-state index contributed by atoms with van der Waals surface area (Å²) in [5.41, 5.74) is 2.37. The zero-order valence-corrected chi connectivity index (χ0v) is 13.7. The van der Waals surface area contributed by atoms with E-state index in [1.165, 1.54) is 12.1 Å². The van der Waals surface area contributed by atoms with Crippen LogP contribution in [0.4, 0.5) is 4.39 Å². The van der Waals surface area contributed by atoms with Crippen LogP contribution in [0.25, 0.3) is 21.7 Å². The first-order valence-electron chi connectivity index (χ1n) is 8.07. The van der Waals surface area contributed by atoms with Crippen LogP contribution >= 0.6 is 0 Å². The van der Waals surface area contributed by atoms with Crippen molar-refractivity contribution in [2.75, 3.05) is 0 Å². The Bertz CT molecular complexity index is 1080. The lowest BCUT2D eigenvalue weighted by atomic mass is 10.1. The standard InChI is InChI=1S/C21H16FNO2/c1-13-17-11-8-15-4-2-3-5-18(15)20(17)25-19(13)21(24)23-12-14-6-9-16(22)10-7-14/h2-11H,12H2,1H3,(H,23,24). The van der Waals surface area contributed by atoms with Gasteiger partial charge in [0.15, 0.2) is 5.76 Å². The highest BCUT2D eigenvalue weighted by Crippen LogP contribution is 2.31. The third-order valence-corrected chi connectivity index (χ3v) is 4.40. The van der Waals surface area contributed by atoms with Gasteiger partial charge in [0.1, 0.15) is 11.4 Å². The Labute approximate surface area is 144 Å². The number of carbonyl (C=O) groups excluding carboxylic acids is 1. The van der Waals surface area contributed by atoms with Crippen LogP contribution in [-0.2, 0) is 6.54 Å². The summed E-state index contributed by atoms with van der Waals surface area (Å²) in [6, 6.07) is 18.0. The fourth-order valence-corrected chi connectivity index (χ4v) is 3.03. The largest absolute Gasteiger partial charge is 0.450 e. The van der Waals surface area contributed by atoms with E-state index < -0.39 is 0 Å². The zero-order valence-electron chi connectivity index (χ0n) is 13.7. The second-order valence-electron chi connectivity index (χ2n) is 6.03. The molecule has 0 saturated carbocycles. The molecule has 0 radical (unpaired) electrons. The van der Waals surface area contributed by atoms with E-state index in [2.05, 4.69) is 5.32 Å². The molecular formula is C21H16FNO2. The first kappa shape index (κ1) is 15.4.